The van der Waals surface area contributed by atoms with E-state index in [1.165, 1.54) is 0 Å². The van der Waals surface area contributed by atoms with E-state index in [9.17, 15) is 45.3 Å². The first kappa shape index (κ1) is 38.4. The molecular formula is C20H25ClF3KNO11PS. The second-order valence-corrected chi connectivity index (χ2v) is 12.0. The molecule has 1 fully saturated rings. The maximum Gasteiger partial charge on any atom is 1.00 e. The van der Waals surface area contributed by atoms with Gasteiger partial charge < -0.3 is 21.1 Å². The van der Waals surface area contributed by atoms with Crippen molar-refractivity contribution in [2.45, 2.75) is 36.9 Å². The summed E-state index contributed by atoms with van der Waals surface area (Å²) in [7, 11) is -8.00. The first-order chi connectivity index (χ1) is 17.2. The number of hydrogen-bond acceptors (Lipinski definition) is 9. The van der Waals surface area contributed by atoms with Crippen molar-refractivity contribution < 1.29 is 118 Å². The predicted molar refractivity (Wildman–Crippen MR) is 126 cm³/mol. The smallest absolute Gasteiger partial charge is 1.00 e. The number of hydrogen-bond donors (Lipinski definition) is 4. The molecule has 1 aliphatic carbocycles. The number of nitrogens with one attached hydrogen (secondary N) is 1. The first-order valence-corrected chi connectivity index (χ1v) is 14.5. The second-order valence-electron chi connectivity index (χ2n) is 8.01. The Morgan fingerprint density at radius 2 is 1.74 bits per heavy atom. The molecule has 0 amide bonds. The molecule has 19 heteroatoms. The molecule has 0 unspecified atom stereocenters. The summed E-state index contributed by atoms with van der Waals surface area (Å²) in [5.41, 5.74) is -0.650. The van der Waals surface area contributed by atoms with Gasteiger partial charge in [-0.1, -0.05) is 11.6 Å². The molecule has 216 valence electrons. The van der Waals surface area contributed by atoms with Crippen molar-refractivity contribution in [3.63, 3.8) is 0 Å². The molecule has 0 atom stereocenters. The van der Waals surface area contributed by atoms with Crippen LogP contribution in [0.5, 0.6) is 0 Å². The number of aliphatic carboxylic acids is 1. The molecule has 4 N–H and O–H groups in total. The molecule has 0 spiro atoms. The van der Waals surface area contributed by atoms with Gasteiger partial charge in [0.2, 0.25) is 0 Å². The van der Waals surface area contributed by atoms with Crippen LogP contribution in [0, 0.1) is 5.92 Å². The molecule has 0 radical (unpaired) electrons. The summed E-state index contributed by atoms with van der Waals surface area (Å²) in [6, 6.07) is 2.04. The number of halogens is 4. The number of benzene rings is 1. The van der Waals surface area contributed by atoms with Gasteiger partial charge >= 0.3 is 71.1 Å². The van der Waals surface area contributed by atoms with Gasteiger partial charge in [-0.2, -0.15) is 13.2 Å². The molecule has 0 heterocycles. The minimum Gasteiger partial charge on any atom is -1.00 e. The molecule has 1 aromatic carbocycles. The van der Waals surface area contributed by atoms with Gasteiger partial charge in [-0.3, -0.25) is 29.1 Å². The topological polar surface area (TPSA) is 201 Å². The monoisotopic (exact) mass is 649 g/mol. The molecule has 0 aliphatic heterocycles. The Labute approximate surface area is 270 Å². The summed E-state index contributed by atoms with van der Waals surface area (Å²) in [5.74, 6) is -4.73. The largest absolute Gasteiger partial charge is 1.00 e. The molecule has 12 nitrogen and oxygen atoms in total. The van der Waals surface area contributed by atoms with E-state index in [-0.39, 0.29) is 76.8 Å². The van der Waals surface area contributed by atoms with E-state index in [1.54, 1.807) is 0 Å². The van der Waals surface area contributed by atoms with Crippen LogP contribution in [0.25, 0.3) is 0 Å². The van der Waals surface area contributed by atoms with Gasteiger partial charge in [-0.05, 0) is 18.6 Å². The maximum atomic E-state index is 12.7. The number of carboxylic acids is 1. The maximum absolute atomic E-state index is 12.7. The number of rotatable bonds is 10. The summed E-state index contributed by atoms with van der Waals surface area (Å²) in [6.07, 6.45) is -4.00. The number of carboxylic acid groups (broad SMARTS) is 1. The third-order valence-electron chi connectivity index (χ3n) is 4.72. The van der Waals surface area contributed by atoms with Crippen molar-refractivity contribution >= 4 is 52.4 Å². The average Bonchev–Trinajstić information content (AvgIpc) is 2.72. The van der Waals surface area contributed by atoms with Crippen LogP contribution in [0.4, 0.5) is 13.2 Å². The van der Waals surface area contributed by atoms with Crippen LogP contribution in [0.1, 0.15) is 36.6 Å². The summed E-state index contributed by atoms with van der Waals surface area (Å²) in [6.45, 7) is -2.91. The molecule has 0 bridgehead atoms. The minimum atomic E-state index is -4.65. The number of carbonyl (C=O) groups excluding carboxylic acids is 3. The van der Waals surface area contributed by atoms with Crippen LogP contribution in [-0.2, 0) is 40.1 Å². The van der Waals surface area contributed by atoms with Crippen molar-refractivity contribution in [2.24, 2.45) is 5.92 Å². The SMILES string of the molecule is CS(=O)(=O)c1ccc(C(=O)C2C(=O)CCCC2=O)c(Cl)c1COCC(F)(F)F.O=C(O)CNCP(=O)(O)O.[H-].[K+]. The molecule has 1 aromatic rings. The number of alkyl halides is 3. The van der Waals surface area contributed by atoms with E-state index >= 15 is 0 Å². The molecule has 0 saturated heterocycles. The Kier molecular flexibility index (Phi) is 15.9. The van der Waals surface area contributed by atoms with Crippen LogP contribution in [0.15, 0.2) is 17.0 Å². The fraction of sp³-hybridized carbons (Fsp3) is 0.500. The first-order valence-electron chi connectivity index (χ1n) is 10.5. The molecule has 1 aliphatic rings. The molecule has 2 rings (SSSR count). The average molecular weight is 650 g/mol. The number of ketones is 3. The van der Waals surface area contributed by atoms with Gasteiger partial charge in [-0.15, -0.1) is 0 Å². The zero-order valence-electron chi connectivity index (χ0n) is 21.7. The Morgan fingerprint density at radius 3 is 2.18 bits per heavy atom. The van der Waals surface area contributed by atoms with E-state index in [0.717, 1.165) is 18.4 Å². The van der Waals surface area contributed by atoms with Gasteiger partial charge in [-0.25, -0.2) is 8.42 Å². The van der Waals surface area contributed by atoms with E-state index in [1.807, 2.05) is 0 Å². The number of sulfone groups is 1. The molecule has 1 saturated carbocycles. The Balaban J connectivity index is 0. The van der Waals surface area contributed by atoms with E-state index < -0.39 is 88.8 Å². The quantitative estimate of drug-likeness (QED) is 0.103. The van der Waals surface area contributed by atoms with E-state index in [4.69, 9.17) is 26.5 Å². The van der Waals surface area contributed by atoms with Crippen LogP contribution < -0.4 is 56.7 Å². The molecular weight excluding hydrogens is 625 g/mol. The van der Waals surface area contributed by atoms with Gasteiger partial charge in [0.25, 0.3) is 0 Å². The standard InChI is InChI=1S/C17H16ClF3O6S.C3H8NO5P.K.H/c1-28(25,26)13-6-5-9(15(18)10(13)7-27-8-17(19,20)21)16(24)14-11(22)3-2-4-12(14)23;5-3(6)1-4-2-10(7,8)9;;/h5-6,14H,2-4,7-8H2,1H3;4H,1-2H2,(H,5,6)(H2,7,8,9);;/q;;+1;-1. The zero-order chi connectivity index (χ0) is 29.5. The predicted octanol–water partition coefficient (Wildman–Crippen LogP) is -1.14. The zero-order valence-corrected chi connectivity index (χ0v) is 26.2. The van der Waals surface area contributed by atoms with E-state index in [2.05, 4.69) is 10.1 Å². The van der Waals surface area contributed by atoms with Gasteiger partial charge in [0.05, 0.1) is 29.4 Å². The van der Waals surface area contributed by atoms with Crippen LogP contribution in [0.2, 0.25) is 5.02 Å². The van der Waals surface area contributed by atoms with Crippen LogP contribution in [-0.4, -0.2) is 78.5 Å². The van der Waals surface area contributed by atoms with Gasteiger partial charge in [0, 0.05) is 30.2 Å². The van der Waals surface area contributed by atoms with Crippen LogP contribution in [0.3, 0.4) is 0 Å². The van der Waals surface area contributed by atoms with Crippen LogP contribution >= 0.6 is 19.2 Å². The Bertz CT molecular complexity index is 1230. The number of ether oxygens (including phenoxy) is 1. The fourth-order valence-corrected chi connectivity index (χ4v) is 4.90. The van der Waals surface area contributed by atoms with Crippen molar-refractivity contribution in [1.82, 2.24) is 5.32 Å². The third kappa shape index (κ3) is 13.8. The van der Waals surface area contributed by atoms with Crippen molar-refractivity contribution in [3.8, 4) is 0 Å². The number of carbonyl (C=O) groups is 4. The third-order valence-corrected chi connectivity index (χ3v) is 6.97. The summed E-state index contributed by atoms with van der Waals surface area (Å²) in [4.78, 5) is 62.4. The summed E-state index contributed by atoms with van der Waals surface area (Å²) < 4.78 is 75.4. The fourth-order valence-electron chi connectivity index (χ4n) is 3.21. The normalized spacial score (nSPS) is 14.7. The number of Topliss-reactive ketones (excluding diaryl/α,β-unsaturated/α-hetero) is 3. The van der Waals surface area contributed by atoms with E-state index in [0.29, 0.717) is 6.42 Å². The summed E-state index contributed by atoms with van der Waals surface area (Å²) >= 11 is 6.11. The summed E-state index contributed by atoms with van der Waals surface area (Å²) in [5, 5.41) is 9.60. The minimum absolute atomic E-state index is 0. The van der Waals surface area contributed by atoms with Crippen molar-refractivity contribution in [3.05, 3.63) is 28.3 Å². The second kappa shape index (κ2) is 16.2. The Hall–Kier alpha value is -0.564. The Morgan fingerprint density at radius 1 is 1.21 bits per heavy atom. The van der Waals surface area contributed by atoms with Crippen molar-refractivity contribution in [2.75, 3.05) is 25.7 Å². The van der Waals surface area contributed by atoms with Crippen molar-refractivity contribution in [1.29, 1.82) is 0 Å². The molecule has 39 heavy (non-hydrogen) atoms. The molecule has 0 aromatic heterocycles. The van der Waals surface area contributed by atoms with Gasteiger partial charge in [0.15, 0.2) is 27.2 Å². The van der Waals surface area contributed by atoms with Gasteiger partial charge in [0.1, 0.15) is 12.5 Å².